The molecule has 3 aromatic rings. The van der Waals surface area contributed by atoms with E-state index in [-0.39, 0.29) is 24.5 Å². The molecule has 0 unspecified atom stereocenters. The van der Waals surface area contributed by atoms with E-state index >= 15 is 0 Å². The van der Waals surface area contributed by atoms with Crippen molar-refractivity contribution in [3.05, 3.63) is 48.5 Å². The molecule has 44 heavy (non-hydrogen) atoms. The van der Waals surface area contributed by atoms with E-state index in [0.29, 0.717) is 11.2 Å². The van der Waals surface area contributed by atoms with Gasteiger partial charge in [0.2, 0.25) is 0 Å². The number of carbonyl (C=O) groups is 2. The Balaban J connectivity index is 1.31. The summed E-state index contributed by atoms with van der Waals surface area (Å²) >= 11 is 0. The number of amides is 2. The van der Waals surface area contributed by atoms with Gasteiger partial charge in [-0.15, -0.1) is 0 Å². The third kappa shape index (κ3) is 7.07. The molecule has 0 radical (unpaired) electrons. The minimum absolute atomic E-state index is 0.0965. The van der Waals surface area contributed by atoms with Crippen molar-refractivity contribution in [2.45, 2.75) is 77.2 Å². The summed E-state index contributed by atoms with van der Waals surface area (Å²) in [6, 6.07) is 8.86. The van der Waals surface area contributed by atoms with Crippen LogP contribution in [0.15, 0.2) is 43.0 Å². The van der Waals surface area contributed by atoms with Gasteiger partial charge < -0.3 is 23.7 Å². The zero-order valence-corrected chi connectivity index (χ0v) is 25.9. The molecule has 1 aromatic carbocycles. The van der Waals surface area contributed by atoms with Crippen molar-refractivity contribution in [2.75, 3.05) is 18.9 Å². The predicted octanol–water partition coefficient (Wildman–Crippen LogP) is 2.69. The Labute approximate surface area is 254 Å². The molecule has 16 nitrogen and oxygen atoms in total. The third-order valence-corrected chi connectivity index (χ3v) is 8.04. The van der Waals surface area contributed by atoms with Gasteiger partial charge in [0, 0.05) is 13.6 Å². The van der Waals surface area contributed by atoms with Crippen LogP contribution >= 0.6 is 0 Å². The number of aromatic nitrogens is 4. The summed E-state index contributed by atoms with van der Waals surface area (Å²) in [5.41, 5.74) is 0.587. The molecule has 0 saturated carbocycles. The first-order valence-corrected chi connectivity index (χ1v) is 15.2. The van der Waals surface area contributed by atoms with Crippen LogP contribution in [-0.4, -0.2) is 87.7 Å². The molecule has 0 bridgehead atoms. The fourth-order valence-electron chi connectivity index (χ4n) is 4.85. The smallest absolute Gasteiger partial charge is 0.422 e. The number of fused-ring (bicyclic) bond motifs is 2. The molecule has 0 spiro atoms. The van der Waals surface area contributed by atoms with Crippen LogP contribution < -0.4 is 10.0 Å². The fraction of sp³-hybridized carbons (Fsp3) is 0.519. The van der Waals surface area contributed by atoms with Crippen molar-refractivity contribution < 1.29 is 41.7 Å². The van der Waals surface area contributed by atoms with Crippen molar-refractivity contribution in [2.24, 2.45) is 0 Å². The number of imidazole rings is 1. The average molecular weight is 634 g/mol. The topological polar surface area (TPSA) is 185 Å². The highest BCUT2D eigenvalue weighted by Gasteiger charge is 2.56. The van der Waals surface area contributed by atoms with Gasteiger partial charge in [-0.2, -0.15) is 12.7 Å². The van der Waals surface area contributed by atoms with Crippen molar-refractivity contribution in [3.8, 4) is 0 Å². The minimum atomic E-state index is -4.30. The largest absolute Gasteiger partial charge is 0.444 e. The second-order valence-corrected chi connectivity index (χ2v) is 13.5. The standard InChI is InChI=1S/C27H35N7O9S/c1-26(2,3)43-24(35)31-21-18-22(29-14-28-21)34(15-30-18)23-20-19(41-27(4,5)42-20)17(40-23)12-33(6)44(37,38)32-25(36)39-13-16-10-8-7-9-11-16/h7-11,14-15,17,19-20,23H,12-13H2,1-6H3,(H,32,36)(H,28,29,31,35)/t17-,19-,20-,23-/m1/s1. The molecule has 5 rings (SSSR count). The van der Waals surface area contributed by atoms with Gasteiger partial charge in [-0.1, -0.05) is 30.3 Å². The van der Waals surface area contributed by atoms with E-state index in [4.69, 9.17) is 23.7 Å². The monoisotopic (exact) mass is 633 g/mol. The van der Waals surface area contributed by atoms with E-state index in [1.165, 1.54) is 19.7 Å². The van der Waals surface area contributed by atoms with Gasteiger partial charge >= 0.3 is 22.4 Å². The van der Waals surface area contributed by atoms with Gasteiger partial charge in [0.15, 0.2) is 29.0 Å². The molecule has 238 valence electrons. The summed E-state index contributed by atoms with van der Waals surface area (Å²) < 4.78 is 59.3. The Morgan fingerprint density at radius 3 is 2.48 bits per heavy atom. The normalized spacial score (nSPS) is 23.0. The first-order valence-electron chi connectivity index (χ1n) is 13.8. The van der Waals surface area contributed by atoms with Gasteiger partial charge in [0.25, 0.3) is 0 Å². The zero-order valence-electron chi connectivity index (χ0n) is 25.1. The number of rotatable bonds is 8. The molecule has 2 aliphatic rings. The van der Waals surface area contributed by atoms with Crippen LogP contribution in [0.1, 0.15) is 46.4 Å². The SMILES string of the molecule is CN(C[C@H]1O[C@@H](n2cnc3c(NC(=O)OC(C)(C)C)ncnc32)[C@@H]2OC(C)(C)O[C@@H]21)S(=O)(=O)NC(=O)OCc1ccccc1. The summed E-state index contributed by atoms with van der Waals surface area (Å²) in [6.07, 6.45) is -2.11. The Morgan fingerprint density at radius 2 is 1.77 bits per heavy atom. The summed E-state index contributed by atoms with van der Waals surface area (Å²) in [7, 11) is -3.01. The molecule has 2 N–H and O–H groups in total. The van der Waals surface area contributed by atoms with Crippen molar-refractivity contribution in [1.82, 2.24) is 28.5 Å². The molecule has 2 fully saturated rings. The maximum Gasteiger partial charge on any atom is 0.422 e. The fourth-order valence-corrected chi connectivity index (χ4v) is 5.62. The van der Waals surface area contributed by atoms with Crippen molar-refractivity contribution in [1.29, 1.82) is 0 Å². The number of benzene rings is 1. The highest BCUT2D eigenvalue weighted by molar-refractivity contribution is 7.87. The molecule has 0 aliphatic carbocycles. The van der Waals surface area contributed by atoms with Crippen LogP contribution in [0.2, 0.25) is 0 Å². The van der Waals surface area contributed by atoms with E-state index in [0.717, 1.165) is 4.31 Å². The van der Waals surface area contributed by atoms with Crippen LogP contribution in [0.5, 0.6) is 0 Å². The van der Waals surface area contributed by atoms with Crippen LogP contribution in [0, 0.1) is 0 Å². The summed E-state index contributed by atoms with van der Waals surface area (Å²) in [4.78, 5) is 37.5. The van der Waals surface area contributed by atoms with E-state index in [9.17, 15) is 18.0 Å². The Hall–Kier alpha value is -3.90. The number of hydrogen-bond donors (Lipinski definition) is 2. The van der Waals surface area contributed by atoms with Crippen LogP contribution in [0.4, 0.5) is 15.4 Å². The van der Waals surface area contributed by atoms with E-state index < -0.39 is 58.3 Å². The lowest BCUT2D eigenvalue weighted by atomic mass is 10.1. The number of carbonyl (C=O) groups excluding carboxylic acids is 2. The van der Waals surface area contributed by atoms with Crippen LogP contribution in [0.3, 0.4) is 0 Å². The lowest BCUT2D eigenvalue weighted by molar-refractivity contribution is -0.196. The van der Waals surface area contributed by atoms with Crippen LogP contribution in [-0.2, 0) is 40.5 Å². The van der Waals surface area contributed by atoms with Gasteiger partial charge in [0.05, 0.1) is 6.33 Å². The molecule has 4 heterocycles. The van der Waals surface area contributed by atoms with E-state index in [1.807, 2.05) is 10.8 Å². The molecular weight excluding hydrogens is 598 g/mol. The highest BCUT2D eigenvalue weighted by Crippen LogP contribution is 2.44. The van der Waals surface area contributed by atoms with Gasteiger partial charge in [-0.25, -0.2) is 29.3 Å². The van der Waals surface area contributed by atoms with Gasteiger partial charge in [-0.3, -0.25) is 9.88 Å². The first-order chi connectivity index (χ1) is 20.6. The molecule has 2 aliphatic heterocycles. The molecule has 2 amide bonds. The van der Waals surface area contributed by atoms with E-state index in [1.54, 1.807) is 63.5 Å². The number of anilines is 1. The quantitative estimate of drug-likeness (QED) is 0.370. The summed E-state index contributed by atoms with van der Waals surface area (Å²) in [6.45, 7) is 8.41. The Morgan fingerprint density at radius 1 is 1.07 bits per heavy atom. The molecule has 2 saturated heterocycles. The maximum atomic E-state index is 13.0. The first kappa shape index (κ1) is 31.5. The lowest BCUT2D eigenvalue weighted by Crippen LogP contribution is -2.46. The van der Waals surface area contributed by atoms with Crippen LogP contribution in [0.25, 0.3) is 11.2 Å². The zero-order chi connectivity index (χ0) is 31.9. The number of nitrogens with one attached hydrogen (secondary N) is 2. The van der Waals surface area contributed by atoms with Gasteiger partial charge in [0.1, 0.15) is 36.8 Å². The predicted molar refractivity (Wildman–Crippen MR) is 154 cm³/mol. The summed E-state index contributed by atoms with van der Waals surface area (Å²) in [5, 5.41) is 2.59. The minimum Gasteiger partial charge on any atom is -0.444 e. The lowest BCUT2D eigenvalue weighted by Gasteiger charge is -2.26. The Bertz CT molecular complexity index is 1630. The highest BCUT2D eigenvalue weighted by atomic mass is 32.2. The van der Waals surface area contributed by atoms with E-state index in [2.05, 4.69) is 20.3 Å². The third-order valence-electron chi connectivity index (χ3n) is 6.65. The number of ether oxygens (including phenoxy) is 5. The van der Waals surface area contributed by atoms with Gasteiger partial charge in [-0.05, 0) is 40.2 Å². The molecule has 4 atom stereocenters. The average Bonchev–Trinajstić information content (AvgIpc) is 3.58. The molecule has 2 aromatic heterocycles. The second-order valence-electron chi connectivity index (χ2n) is 11.8. The summed E-state index contributed by atoms with van der Waals surface area (Å²) in [5.74, 6) is -0.865. The second kappa shape index (κ2) is 11.9. The maximum absolute atomic E-state index is 13.0. The number of nitrogens with zero attached hydrogens (tertiary/aromatic N) is 5. The van der Waals surface area contributed by atoms with Crippen molar-refractivity contribution >= 4 is 39.4 Å². The Kier molecular flexibility index (Phi) is 8.52. The molecular formula is C27H35N7O9S. The van der Waals surface area contributed by atoms with Crippen molar-refractivity contribution in [3.63, 3.8) is 0 Å². The number of hydrogen-bond acceptors (Lipinski definition) is 12. The molecule has 17 heteroatoms. The number of likely N-dealkylation sites (N-methyl/N-ethyl adjacent to an activating group) is 1.